The van der Waals surface area contributed by atoms with Crippen LogP contribution in [0.15, 0.2) is 0 Å². The van der Waals surface area contributed by atoms with Crippen LogP contribution in [0, 0.1) is 0 Å². The molecule has 6 heterocycles. The van der Waals surface area contributed by atoms with Crippen LogP contribution in [0.25, 0.3) is 0 Å². The van der Waals surface area contributed by atoms with Gasteiger partial charge in [-0.1, -0.05) is 0 Å². The lowest BCUT2D eigenvalue weighted by atomic mass is 9.88. The molecular formula is C45H77N3O33. The highest BCUT2D eigenvalue weighted by molar-refractivity contribution is 5.76. The van der Waals surface area contributed by atoms with E-state index in [1.807, 2.05) is 0 Å². The van der Waals surface area contributed by atoms with Crippen molar-refractivity contribution in [2.24, 2.45) is 5.73 Å². The Labute approximate surface area is 459 Å². The number of hydrogen-bond acceptors (Lipinski definition) is 33. The Morgan fingerprint density at radius 2 is 1.02 bits per heavy atom. The average Bonchev–Trinajstić information content (AvgIpc) is 3.61. The molecule has 2 amide bonds. The monoisotopic (exact) mass is 1190 g/mol. The minimum absolute atomic E-state index is 0.0263. The molecule has 31 atom stereocenters. The largest absolute Gasteiger partial charge is 0.477 e. The first-order valence-electron chi connectivity index (χ1n) is 25.8. The molecule has 0 aliphatic carbocycles. The van der Waals surface area contributed by atoms with E-state index >= 15 is 0 Å². The molecule has 0 bridgehead atoms. The van der Waals surface area contributed by atoms with E-state index in [9.17, 15) is 106 Å². The van der Waals surface area contributed by atoms with Gasteiger partial charge in [0.05, 0.1) is 57.9 Å². The second-order valence-corrected chi connectivity index (χ2v) is 20.3. The van der Waals surface area contributed by atoms with Gasteiger partial charge in [0.15, 0.2) is 31.5 Å². The van der Waals surface area contributed by atoms with Crippen molar-refractivity contribution in [3.05, 3.63) is 0 Å². The molecular weight excluding hydrogens is 1110 g/mol. The molecule has 81 heavy (non-hydrogen) atoms. The van der Waals surface area contributed by atoms with Crippen molar-refractivity contribution >= 4 is 17.8 Å². The molecule has 6 aliphatic rings. The Kier molecular flexibility index (Phi) is 24.2. The lowest BCUT2D eigenvalue weighted by molar-refractivity contribution is -0.399. The summed E-state index contributed by atoms with van der Waals surface area (Å²) in [6, 6.07) is -3.64. The number of carboxylic acid groups (broad SMARTS) is 1. The SMILES string of the molecule is CC(=O)NC1C(OC2C(O)C(CO)OC(OC3C(CO)OC(OCCN)C(O)C3O)C2O)OC(CO)C(OC2OC(CO)C(O)C(OC3(C(=O)O)CC(O)C(NC(C)=O)C([C@H](O)[C@H](O)CO)O3)C2O)C1OC1OC(C)C(O)C(O)C1O. The molecule has 0 spiro atoms. The van der Waals surface area contributed by atoms with Gasteiger partial charge in [-0.15, -0.1) is 0 Å². The van der Waals surface area contributed by atoms with E-state index in [0.29, 0.717) is 0 Å². The number of ether oxygens (including phenoxy) is 12. The van der Waals surface area contributed by atoms with E-state index in [2.05, 4.69) is 10.6 Å². The first-order chi connectivity index (χ1) is 38.2. The number of nitrogens with two attached hydrogens (primary N) is 1. The molecule has 470 valence electrons. The van der Waals surface area contributed by atoms with Crippen LogP contribution in [0.4, 0.5) is 0 Å². The highest BCUT2D eigenvalue weighted by Gasteiger charge is 2.62. The van der Waals surface area contributed by atoms with Crippen molar-refractivity contribution in [2.45, 2.75) is 217 Å². The van der Waals surface area contributed by atoms with Crippen molar-refractivity contribution in [3.8, 4) is 0 Å². The smallest absolute Gasteiger partial charge is 0.364 e. The lowest BCUT2D eigenvalue weighted by Gasteiger charge is -2.52. The van der Waals surface area contributed by atoms with E-state index < -0.39 is 247 Å². The molecule has 36 nitrogen and oxygen atoms in total. The summed E-state index contributed by atoms with van der Waals surface area (Å²) in [5.74, 6) is -7.14. The third kappa shape index (κ3) is 14.7. The topological polar surface area (TPSA) is 576 Å². The van der Waals surface area contributed by atoms with Crippen LogP contribution in [0.2, 0.25) is 0 Å². The van der Waals surface area contributed by atoms with Crippen molar-refractivity contribution in [3.63, 3.8) is 0 Å². The van der Waals surface area contributed by atoms with Gasteiger partial charge in [0.1, 0.15) is 134 Å². The van der Waals surface area contributed by atoms with Crippen LogP contribution < -0.4 is 16.4 Å². The quantitative estimate of drug-likeness (QED) is 0.0452. The summed E-state index contributed by atoms with van der Waals surface area (Å²) in [4.78, 5) is 38.5. The molecule has 22 N–H and O–H groups in total. The molecule has 0 aromatic heterocycles. The van der Waals surface area contributed by atoms with E-state index in [1.165, 1.54) is 6.92 Å². The molecule has 6 rings (SSSR count). The van der Waals surface area contributed by atoms with Gasteiger partial charge in [-0.3, -0.25) is 9.59 Å². The molecule has 29 unspecified atom stereocenters. The van der Waals surface area contributed by atoms with Gasteiger partial charge in [0.25, 0.3) is 5.79 Å². The zero-order chi connectivity index (χ0) is 60.1. The zero-order valence-corrected chi connectivity index (χ0v) is 43.7. The first kappa shape index (κ1) is 67.3. The van der Waals surface area contributed by atoms with Crippen LogP contribution in [0.1, 0.15) is 27.2 Å². The molecule has 6 fully saturated rings. The van der Waals surface area contributed by atoms with Crippen molar-refractivity contribution in [1.29, 1.82) is 0 Å². The number of hydrogen-bond donors (Lipinski definition) is 21. The maximum Gasteiger partial charge on any atom is 0.364 e. The summed E-state index contributed by atoms with van der Waals surface area (Å²) in [5, 5.41) is 201. The number of carbonyl (C=O) groups excluding carboxylic acids is 2. The summed E-state index contributed by atoms with van der Waals surface area (Å²) >= 11 is 0. The Balaban J connectivity index is 1.36. The summed E-state index contributed by atoms with van der Waals surface area (Å²) in [7, 11) is 0. The standard InChI is InChI=1S/C45H77N3O33/c1-12-23(58)27(62)29(64)41(71-12)78-36-22(48-14(3)55)39(79-37-25(60)17(8-50)72-42(31(37)66)76-33-19(10-52)75-40(70-5-4-46)30(65)28(33)63)74-20(11-53)34(36)77-43-32(67)38(26(61)18(9-51)73-43)81-45(44(68)69)6-15(56)21(47-13(2)54)35(80-45)24(59)16(57)7-49/h12,15-43,49-53,56-67H,4-11,46H2,1-3H3,(H,47,54)(H,48,55)(H,68,69)/t12?,15?,16-,17?,18?,19?,20?,21?,22?,23?,24-,25?,26?,27?,28?,29?,30?,31?,32?,33?,34?,35?,36?,37?,38?,39?,40?,41?,42?,43?,45?/m1/s1. The van der Waals surface area contributed by atoms with Crippen molar-refractivity contribution < 1.29 is 163 Å². The Morgan fingerprint density at radius 3 is 1.57 bits per heavy atom. The highest BCUT2D eigenvalue weighted by atomic mass is 16.8. The molecule has 0 saturated carbocycles. The zero-order valence-electron chi connectivity index (χ0n) is 43.7. The van der Waals surface area contributed by atoms with Crippen LogP contribution >= 0.6 is 0 Å². The number of aliphatic carboxylic acids is 1. The van der Waals surface area contributed by atoms with E-state index in [1.54, 1.807) is 0 Å². The number of aliphatic hydroxyl groups excluding tert-OH is 17. The second-order valence-electron chi connectivity index (χ2n) is 20.3. The fourth-order valence-electron chi connectivity index (χ4n) is 10.3. The summed E-state index contributed by atoms with van der Waals surface area (Å²) in [6.07, 6.45) is -57.2. The summed E-state index contributed by atoms with van der Waals surface area (Å²) in [5.41, 5.74) is 5.47. The van der Waals surface area contributed by atoms with Gasteiger partial charge in [0, 0.05) is 26.8 Å². The van der Waals surface area contributed by atoms with Gasteiger partial charge in [-0.2, -0.15) is 0 Å². The summed E-state index contributed by atoms with van der Waals surface area (Å²) in [6.45, 7) is -2.42. The molecule has 0 aromatic rings. The molecule has 0 radical (unpaired) electrons. The fraction of sp³-hybridized carbons (Fsp3) is 0.933. The third-order valence-corrected chi connectivity index (χ3v) is 14.5. The van der Waals surface area contributed by atoms with Crippen LogP contribution in [0.3, 0.4) is 0 Å². The highest BCUT2D eigenvalue weighted by Crippen LogP contribution is 2.40. The van der Waals surface area contributed by atoms with E-state index in [-0.39, 0.29) is 13.2 Å². The molecule has 6 saturated heterocycles. The van der Waals surface area contributed by atoms with Crippen LogP contribution in [0.5, 0.6) is 0 Å². The molecule has 6 aliphatic heterocycles. The minimum Gasteiger partial charge on any atom is -0.477 e. The van der Waals surface area contributed by atoms with Crippen molar-refractivity contribution in [1.82, 2.24) is 10.6 Å². The van der Waals surface area contributed by atoms with Gasteiger partial charge in [-0.05, 0) is 6.92 Å². The number of carboxylic acids is 1. The normalized spacial score (nSPS) is 46.8. The van der Waals surface area contributed by atoms with Gasteiger partial charge in [-0.25, -0.2) is 4.79 Å². The van der Waals surface area contributed by atoms with E-state index in [4.69, 9.17) is 62.6 Å². The maximum absolute atomic E-state index is 13.2. The number of rotatable bonds is 23. The third-order valence-electron chi connectivity index (χ3n) is 14.5. The Hall–Kier alpha value is -2.79. The Bertz CT molecular complexity index is 2010. The molecule has 36 heteroatoms. The fourth-order valence-corrected chi connectivity index (χ4v) is 10.3. The number of nitrogens with one attached hydrogen (secondary N) is 2. The maximum atomic E-state index is 13.2. The molecule has 0 aromatic carbocycles. The van der Waals surface area contributed by atoms with E-state index in [0.717, 1.165) is 13.8 Å². The van der Waals surface area contributed by atoms with Gasteiger partial charge < -0.3 is 165 Å². The summed E-state index contributed by atoms with van der Waals surface area (Å²) < 4.78 is 69.8. The average molecular weight is 1190 g/mol. The number of aliphatic hydroxyl groups is 17. The predicted molar refractivity (Wildman–Crippen MR) is 251 cm³/mol. The predicted octanol–water partition coefficient (Wildman–Crippen LogP) is -13.6. The Morgan fingerprint density at radius 1 is 0.556 bits per heavy atom. The van der Waals surface area contributed by atoms with Gasteiger partial charge >= 0.3 is 5.97 Å². The van der Waals surface area contributed by atoms with Crippen LogP contribution in [-0.4, -0.2) is 346 Å². The van der Waals surface area contributed by atoms with Crippen LogP contribution in [-0.2, 0) is 71.2 Å². The lowest BCUT2D eigenvalue weighted by Crippen LogP contribution is -2.72. The van der Waals surface area contributed by atoms with Gasteiger partial charge in [0.2, 0.25) is 11.8 Å². The number of carbonyl (C=O) groups is 3. The second kappa shape index (κ2) is 29.1. The van der Waals surface area contributed by atoms with Crippen molar-refractivity contribution in [2.75, 3.05) is 46.2 Å². The number of amides is 2. The first-order valence-corrected chi connectivity index (χ1v) is 25.8. The minimum atomic E-state index is -3.25.